The molecule has 1 aliphatic carbocycles. The molecule has 0 radical (unpaired) electrons. The third kappa shape index (κ3) is 6.56. The molecule has 310 valence electrons. The molecule has 0 fully saturated rings. The number of benzene rings is 11. The van der Waals surface area contributed by atoms with Crippen molar-refractivity contribution in [2.75, 3.05) is 4.90 Å². The number of fused-ring (bicyclic) bond motifs is 4. The molecule has 0 saturated carbocycles. The van der Waals surface area contributed by atoms with Gasteiger partial charge in [0.15, 0.2) is 0 Å². The van der Waals surface area contributed by atoms with E-state index >= 15 is 0 Å². The number of anilines is 3. The SMILES string of the molecule is c1ccc(-c2ccccc2-c2ccccc2N(c2ccc(-c3cccc(-c4cccc5ccccc45)c3)cc2)c2ccc3c(c2)C(c2ccccc2)(c2ccccc2)c2ccccc2-3)cc1. The summed E-state index contributed by atoms with van der Waals surface area (Å²) in [6.45, 7) is 0. The predicted molar refractivity (Wildman–Crippen MR) is 278 cm³/mol. The highest BCUT2D eigenvalue weighted by Gasteiger charge is 2.46. The first-order valence-electron chi connectivity index (χ1n) is 22.8. The van der Waals surface area contributed by atoms with Crippen LogP contribution in [0.1, 0.15) is 22.3 Å². The Bertz CT molecular complexity index is 3470. The highest BCUT2D eigenvalue weighted by Crippen LogP contribution is 2.57. The third-order valence-corrected chi connectivity index (χ3v) is 13.6. The zero-order valence-electron chi connectivity index (χ0n) is 36.4. The minimum Gasteiger partial charge on any atom is -0.310 e. The van der Waals surface area contributed by atoms with Crippen LogP contribution in [-0.2, 0) is 5.41 Å². The molecule has 0 aliphatic heterocycles. The van der Waals surface area contributed by atoms with E-state index in [1.54, 1.807) is 0 Å². The average Bonchev–Trinajstić information content (AvgIpc) is 3.70. The summed E-state index contributed by atoms with van der Waals surface area (Å²) < 4.78 is 0. The van der Waals surface area contributed by atoms with Crippen LogP contribution in [0.5, 0.6) is 0 Å². The summed E-state index contributed by atoms with van der Waals surface area (Å²) >= 11 is 0. The second kappa shape index (κ2) is 16.6. The van der Waals surface area contributed by atoms with Crippen LogP contribution in [0.4, 0.5) is 17.1 Å². The summed E-state index contributed by atoms with van der Waals surface area (Å²) in [5.74, 6) is 0. The van der Waals surface area contributed by atoms with Crippen LogP contribution in [0.15, 0.2) is 273 Å². The van der Waals surface area contributed by atoms with Crippen molar-refractivity contribution in [1.82, 2.24) is 0 Å². The van der Waals surface area contributed by atoms with Gasteiger partial charge in [-0.2, -0.15) is 0 Å². The van der Waals surface area contributed by atoms with Crippen LogP contribution in [0.25, 0.3) is 66.4 Å². The topological polar surface area (TPSA) is 3.24 Å². The largest absolute Gasteiger partial charge is 0.310 e. The maximum atomic E-state index is 2.47. The lowest BCUT2D eigenvalue weighted by molar-refractivity contribution is 0.768. The van der Waals surface area contributed by atoms with E-state index in [1.807, 2.05) is 0 Å². The molecule has 0 bridgehead atoms. The van der Waals surface area contributed by atoms with E-state index in [-0.39, 0.29) is 0 Å². The fraction of sp³-hybridized carbons (Fsp3) is 0.0154. The molecule has 1 heteroatoms. The van der Waals surface area contributed by atoms with Crippen molar-refractivity contribution in [2.45, 2.75) is 5.41 Å². The summed E-state index contributed by atoms with van der Waals surface area (Å²) in [6.07, 6.45) is 0. The highest BCUT2D eigenvalue weighted by atomic mass is 15.1. The highest BCUT2D eigenvalue weighted by molar-refractivity contribution is 5.98. The molecule has 11 aromatic carbocycles. The van der Waals surface area contributed by atoms with Gasteiger partial charge in [0.25, 0.3) is 0 Å². The van der Waals surface area contributed by atoms with Crippen molar-refractivity contribution in [1.29, 1.82) is 0 Å². The Labute approximate surface area is 387 Å². The first-order valence-corrected chi connectivity index (χ1v) is 22.8. The molecule has 12 rings (SSSR count). The quantitative estimate of drug-likeness (QED) is 0.140. The Hall–Kier alpha value is -8.52. The van der Waals surface area contributed by atoms with Gasteiger partial charge >= 0.3 is 0 Å². The molecule has 66 heavy (non-hydrogen) atoms. The molecule has 0 N–H and O–H groups in total. The van der Waals surface area contributed by atoms with E-state index in [0.29, 0.717) is 0 Å². The lowest BCUT2D eigenvalue weighted by Crippen LogP contribution is -2.28. The van der Waals surface area contributed by atoms with Gasteiger partial charge in [-0.1, -0.05) is 237 Å². The first kappa shape index (κ1) is 39.1. The third-order valence-electron chi connectivity index (χ3n) is 13.6. The van der Waals surface area contributed by atoms with E-state index in [0.717, 1.165) is 22.6 Å². The summed E-state index contributed by atoms with van der Waals surface area (Å²) in [5.41, 5.74) is 19.9. The predicted octanol–water partition coefficient (Wildman–Crippen LogP) is 17.3. The number of hydrogen-bond acceptors (Lipinski definition) is 1. The monoisotopic (exact) mass is 839 g/mol. The Kier molecular flexibility index (Phi) is 9.81. The fourth-order valence-electron chi connectivity index (χ4n) is 10.6. The molecule has 0 unspecified atom stereocenters. The number of para-hydroxylation sites is 1. The van der Waals surface area contributed by atoms with Crippen molar-refractivity contribution in [3.05, 3.63) is 295 Å². The molecule has 0 spiro atoms. The van der Waals surface area contributed by atoms with E-state index in [9.17, 15) is 0 Å². The Balaban J connectivity index is 1.06. The molecule has 1 aliphatic rings. The molecular weight excluding hydrogens is 795 g/mol. The van der Waals surface area contributed by atoms with Crippen LogP contribution >= 0.6 is 0 Å². The molecule has 0 amide bonds. The lowest BCUT2D eigenvalue weighted by Gasteiger charge is -2.35. The number of nitrogens with zero attached hydrogens (tertiary/aromatic N) is 1. The van der Waals surface area contributed by atoms with Crippen molar-refractivity contribution in [3.63, 3.8) is 0 Å². The molecule has 0 atom stereocenters. The average molecular weight is 840 g/mol. The second-order valence-electron chi connectivity index (χ2n) is 17.2. The standard InChI is InChI=1S/C65H45N/c1-4-20-47(21-5-1)56-31-12-13-32-58(56)61-34-15-17-37-64(61)66(53-40-38-46(39-41-53)49-24-18-25-50(44-49)57-35-19-23-48-22-10-11-30-55(48)57)54-42-43-60-59-33-14-16-36-62(59)65(63(60)45-54,51-26-6-2-7-27-51)52-28-8-3-9-29-52/h1-45H. The second-order valence-corrected chi connectivity index (χ2v) is 17.2. The van der Waals surface area contributed by atoms with E-state index < -0.39 is 5.41 Å². The van der Waals surface area contributed by atoms with Gasteiger partial charge in [-0.05, 0) is 119 Å². The van der Waals surface area contributed by atoms with Crippen molar-refractivity contribution in [3.8, 4) is 55.6 Å². The smallest absolute Gasteiger partial charge is 0.0714 e. The van der Waals surface area contributed by atoms with Gasteiger partial charge in [-0.3, -0.25) is 0 Å². The maximum absolute atomic E-state index is 2.47. The molecule has 0 saturated heterocycles. The Morgan fingerprint density at radius 3 is 1.53 bits per heavy atom. The van der Waals surface area contributed by atoms with Gasteiger partial charge in [0.2, 0.25) is 0 Å². The normalized spacial score (nSPS) is 12.4. The number of rotatable bonds is 9. The molecule has 0 aromatic heterocycles. The zero-order chi connectivity index (χ0) is 43.9. The zero-order valence-corrected chi connectivity index (χ0v) is 36.4. The van der Waals surface area contributed by atoms with Gasteiger partial charge in [0.05, 0.1) is 11.1 Å². The molecule has 0 heterocycles. The summed E-state index contributed by atoms with van der Waals surface area (Å²) in [6, 6.07) is 100. The summed E-state index contributed by atoms with van der Waals surface area (Å²) in [7, 11) is 0. The molecule has 1 nitrogen and oxygen atoms in total. The Morgan fingerprint density at radius 2 is 0.773 bits per heavy atom. The van der Waals surface area contributed by atoms with Crippen molar-refractivity contribution >= 4 is 27.8 Å². The van der Waals surface area contributed by atoms with Gasteiger partial charge in [-0.25, -0.2) is 0 Å². The molecular formula is C65H45N. The molecule has 11 aromatic rings. The maximum Gasteiger partial charge on any atom is 0.0714 e. The van der Waals surface area contributed by atoms with Crippen LogP contribution in [-0.4, -0.2) is 0 Å². The van der Waals surface area contributed by atoms with Crippen LogP contribution in [0.2, 0.25) is 0 Å². The minimum atomic E-state index is -0.533. The van der Waals surface area contributed by atoms with Crippen molar-refractivity contribution in [2.24, 2.45) is 0 Å². The Morgan fingerprint density at radius 1 is 0.258 bits per heavy atom. The fourth-order valence-corrected chi connectivity index (χ4v) is 10.6. The van der Waals surface area contributed by atoms with Crippen LogP contribution in [0, 0.1) is 0 Å². The van der Waals surface area contributed by atoms with Gasteiger partial charge in [0.1, 0.15) is 0 Å². The lowest BCUT2D eigenvalue weighted by atomic mass is 9.67. The van der Waals surface area contributed by atoms with Crippen molar-refractivity contribution < 1.29 is 0 Å². The minimum absolute atomic E-state index is 0.533. The van der Waals surface area contributed by atoms with Crippen LogP contribution in [0.3, 0.4) is 0 Å². The van der Waals surface area contributed by atoms with Gasteiger partial charge in [0, 0.05) is 16.9 Å². The summed E-state index contributed by atoms with van der Waals surface area (Å²) in [4.78, 5) is 2.47. The van der Waals surface area contributed by atoms with E-state index in [1.165, 1.54) is 83.1 Å². The van der Waals surface area contributed by atoms with Gasteiger partial charge < -0.3 is 4.90 Å². The van der Waals surface area contributed by atoms with E-state index in [2.05, 4.69) is 278 Å². The first-order chi connectivity index (χ1) is 32.8. The van der Waals surface area contributed by atoms with E-state index in [4.69, 9.17) is 0 Å². The number of hydrogen-bond donors (Lipinski definition) is 0. The van der Waals surface area contributed by atoms with Crippen LogP contribution < -0.4 is 4.90 Å². The summed E-state index contributed by atoms with van der Waals surface area (Å²) in [5, 5.41) is 2.51. The van der Waals surface area contributed by atoms with Gasteiger partial charge in [-0.15, -0.1) is 0 Å².